The minimum atomic E-state index is 0.772. The van der Waals surface area contributed by atoms with E-state index in [-0.39, 0.29) is 0 Å². The van der Waals surface area contributed by atoms with Crippen LogP contribution in [0.2, 0.25) is 5.02 Å². The van der Waals surface area contributed by atoms with Crippen molar-refractivity contribution in [2.45, 2.75) is 6.42 Å². The van der Waals surface area contributed by atoms with Gasteiger partial charge in [-0.15, -0.1) is 0 Å². The summed E-state index contributed by atoms with van der Waals surface area (Å²) in [5.74, 6) is 6.35. The summed E-state index contributed by atoms with van der Waals surface area (Å²) in [7, 11) is 0. The van der Waals surface area contributed by atoms with E-state index >= 15 is 0 Å². The molecule has 0 aliphatic heterocycles. The highest BCUT2D eigenvalue weighted by atomic mass is 35.5. The minimum Gasteiger partial charge on any atom is -0.385 e. The molecule has 0 unspecified atom stereocenters. The lowest BCUT2D eigenvalue weighted by molar-refractivity contribution is 0.849. The number of rotatable bonds is 5. The Morgan fingerprint density at radius 1 is 0.846 bits per heavy atom. The van der Waals surface area contributed by atoms with Gasteiger partial charge in [0.25, 0.3) is 0 Å². The molecule has 2 heteroatoms. The maximum atomic E-state index is 6.01. The second kappa shape index (κ2) is 8.94. The number of hydrogen-bond donors (Lipinski definition) is 1. The van der Waals surface area contributed by atoms with Gasteiger partial charge in [0.15, 0.2) is 0 Å². The molecular weight excluding hydrogens is 338 g/mol. The molecular formula is C24H20ClN. The summed E-state index contributed by atoms with van der Waals surface area (Å²) in [4.78, 5) is 0. The molecule has 0 spiro atoms. The molecule has 0 aromatic heterocycles. The molecule has 1 nitrogen and oxygen atoms in total. The highest BCUT2D eigenvalue weighted by molar-refractivity contribution is 6.30. The van der Waals surface area contributed by atoms with Crippen molar-refractivity contribution >= 4 is 17.3 Å². The van der Waals surface area contributed by atoms with E-state index in [1.54, 1.807) is 0 Å². The highest BCUT2D eigenvalue weighted by Crippen LogP contribution is 2.13. The van der Waals surface area contributed by atoms with Crippen molar-refractivity contribution in [3.63, 3.8) is 0 Å². The van der Waals surface area contributed by atoms with Crippen LogP contribution in [0.3, 0.4) is 0 Å². The van der Waals surface area contributed by atoms with Gasteiger partial charge < -0.3 is 5.32 Å². The van der Waals surface area contributed by atoms with Gasteiger partial charge in [0.05, 0.1) is 0 Å². The van der Waals surface area contributed by atoms with Crippen molar-refractivity contribution in [3.05, 3.63) is 113 Å². The first kappa shape index (κ1) is 17.9. The van der Waals surface area contributed by atoms with E-state index in [0.717, 1.165) is 40.4 Å². The summed E-state index contributed by atoms with van der Waals surface area (Å²) in [5.41, 5.74) is 5.20. The highest BCUT2D eigenvalue weighted by Gasteiger charge is 1.99. The molecule has 26 heavy (non-hydrogen) atoms. The van der Waals surface area contributed by atoms with Crippen LogP contribution < -0.4 is 5.32 Å². The molecule has 3 aromatic carbocycles. The van der Waals surface area contributed by atoms with Crippen LogP contribution in [0.15, 0.2) is 85.4 Å². The van der Waals surface area contributed by atoms with Crippen molar-refractivity contribution < 1.29 is 0 Å². The Labute approximate surface area is 160 Å². The summed E-state index contributed by atoms with van der Waals surface area (Å²) < 4.78 is 0. The number of hydrogen-bond acceptors (Lipinski definition) is 1. The zero-order chi connectivity index (χ0) is 18.2. The molecule has 0 aliphatic carbocycles. The van der Waals surface area contributed by atoms with Crippen LogP contribution in [0, 0.1) is 11.8 Å². The lowest BCUT2D eigenvalue weighted by Gasteiger charge is -2.10. The van der Waals surface area contributed by atoms with Crippen LogP contribution in [0.5, 0.6) is 0 Å². The summed E-state index contributed by atoms with van der Waals surface area (Å²) in [6.45, 7) is 4.94. The van der Waals surface area contributed by atoms with Gasteiger partial charge >= 0.3 is 0 Å². The van der Waals surface area contributed by atoms with Gasteiger partial charge in [-0.1, -0.05) is 72.5 Å². The van der Waals surface area contributed by atoms with E-state index < -0.39 is 0 Å². The molecule has 0 bridgehead atoms. The quantitative estimate of drug-likeness (QED) is 0.591. The molecule has 0 saturated heterocycles. The predicted molar refractivity (Wildman–Crippen MR) is 111 cm³/mol. The Kier molecular flexibility index (Phi) is 6.14. The SMILES string of the molecule is C=C(NCCc1cccc(Cl)c1)c1ccc(C#Cc2ccccc2)cc1. The van der Waals surface area contributed by atoms with Crippen LogP contribution in [0.4, 0.5) is 0 Å². The van der Waals surface area contributed by atoms with Gasteiger partial charge in [0, 0.05) is 28.4 Å². The number of halogens is 1. The van der Waals surface area contributed by atoms with Gasteiger partial charge in [-0.05, 0) is 53.9 Å². The molecule has 128 valence electrons. The molecule has 1 N–H and O–H groups in total. The van der Waals surface area contributed by atoms with E-state index in [0.29, 0.717) is 0 Å². The van der Waals surface area contributed by atoms with E-state index in [4.69, 9.17) is 11.6 Å². The van der Waals surface area contributed by atoms with Crippen LogP contribution in [0.1, 0.15) is 22.3 Å². The van der Waals surface area contributed by atoms with E-state index in [9.17, 15) is 0 Å². The van der Waals surface area contributed by atoms with Crippen LogP contribution in [-0.2, 0) is 6.42 Å². The van der Waals surface area contributed by atoms with Crippen LogP contribution >= 0.6 is 11.6 Å². The molecule has 0 aliphatic rings. The Balaban J connectivity index is 1.54. The molecule has 0 fully saturated rings. The van der Waals surface area contributed by atoms with Crippen molar-refractivity contribution in [2.24, 2.45) is 0 Å². The van der Waals surface area contributed by atoms with Gasteiger partial charge in [-0.3, -0.25) is 0 Å². The van der Waals surface area contributed by atoms with Crippen molar-refractivity contribution in [3.8, 4) is 11.8 Å². The topological polar surface area (TPSA) is 12.0 Å². The summed E-state index contributed by atoms with van der Waals surface area (Å²) >= 11 is 6.01. The Morgan fingerprint density at radius 3 is 2.23 bits per heavy atom. The molecule has 3 rings (SSSR count). The normalized spacial score (nSPS) is 9.88. The Bertz CT molecular complexity index is 931. The fourth-order valence-corrected chi connectivity index (χ4v) is 2.79. The largest absolute Gasteiger partial charge is 0.385 e. The summed E-state index contributed by atoms with van der Waals surface area (Å²) in [6.07, 6.45) is 0.903. The second-order valence-electron chi connectivity index (χ2n) is 5.98. The first-order valence-electron chi connectivity index (χ1n) is 8.55. The molecule has 0 atom stereocenters. The molecule has 0 heterocycles. The molecule has 0 saturated carbocycles. The van der Waals surface area contributed by atoms with Crippen molar-refractivity contribution in [1.82, 2.24) is 5.32 Å². The van der Waals surface area contributed by atoms with Gasteiger partial charge in [0.2, 0.25) is 0 Å². The maximum Gasteiger partial charge on any atom is 0.0408 e. The average molecular weight is 358 g/mol. The third-order valence-corrected chi connectivity index (χ3v) is 4.23. The molecule has 0 amide bonds. The summed E-state index contributed by atoms with van der Waals surface area (Å²) in [5, 5.41) is 4.14. The Hall–Kier alpha value is -2.95. The number of benzene rings is 3. The minimum absolute atomic E-state index is 0.772. The predicted octanol–water partition coefficient (Wildman–Crippen LogP) is 5.54. The first-order valence-corrected chi connectivity index (χ1v) is 8.93. The average Bonchev–Trinajstić information content (AvgIpc) is 2.67. The zero-order valence-corrected chi connectivity index (χ0v) is 15.3. The lowest BCUT2D eigenvalue weighted by atomic mass is 10.1. The first-order chi connectivity index (χ1) is 12.7. The fourth-order valence-electron chi connectivity index (χ4n) is 2.57. The van der Waals surface area contributed by atoms with Gasteiger partial charge in [0.1, 0.15) is 0 Å². The van der Waals surface area contributed by atoms with Gasteiger partial charge in [-0.2, -0.15) is 0 Å². The third kappa shape index (κ3) is 5.28. The van der Waals surface area contributed by atoms with E-state index in [2.05, 4.69) is 29.8 Å². The zero-order valence-electron chi connectivity index (χ0n) is 14.5. The van der Waals surface area contributed by atoms with Crippen LogP contribution in [0.25, 0.3) is 5.70 Å². The van der Waals surface area contributed by atoms with Gasteiger partial charge in [-0.25, -0.2) is 0 Å². The maximum absolute atomic E-state index is 6.01. The fraction of sp³-hybridized carbons (Fsp3) is 0.0833. The van der Waals surface area contributed by atoms with E-state index in [1.165, 1.54) is 5.56 Å². The monoisotopic (exact) mass is 357 g/mol. The number of nitrogens with one attached hydrogen (secondary N) is 1. The second-order valence-corrected chi connectivity index (χ2v) is 6.42. The van der Waals surface area contributed by atoms with Crippen LogP contribution in [-0.4, -0.2) is 6.54 Å². The molecule has 0 radical (unpaired) electrons. The van der Waals surface area contributed by atoms with Crippen molar-refractivity contribution in [2.75, 3.05) is 6.54 Å². The molecule has 3 aromatic rings. The Morgan fingerprint density at radius 2 is 1.54 bits per heavy atom. The van der Waals surface area contributed by atoms with E-state index in [1.807, 2.05) is 72.8 Å². The lowest BCUT2D eigenvalue weighted by Crippen LogP contribution is -2.15. The smallest absolute Gasteiger partial charge is 0.0408 e. The summed E-state index contributed by atoms with van der Waals surface area (Å²) in [6, 6.07) is 26.1. The third-order valence-electron chi connectivity index (χ3n) is 4.00. The standard InChI is InChI=1S/C24H20ClN/c1-19(26-17-16-22-8-5-9-24(25)18-22)23-14-12-21(13-15-23)11-10-20-6-3-2-4-7-20/h2-9,12-15,18,26H,1,16-17H2. The van der Waals surface area contributed by atoms with Crippen molar-refractivity contribution in [1.29, 1.82) is 0 Å².